The van der Waals surface area contributed by atoms with Crippen LogP contribution in [0.2, 0.25) is 5.02 Å². The van der Waals surface area contributed by atoms with E-state index in [1.54, 1.807) is 0 Å². The minimum Gasteiger partial charge on any atom is -0.492 e. The number of para-hydroxylation sites is 1. The molecule has 0 radical (unpaired) electrons. The van der Waals surface area contributed by atoms with Crippen molar-refractivity contribution in [2.45, 2.75) is 13.8 Å². The maximum atomic E-state index is 6.56. The zero-order chi connectivity index (χ0) is 14.8. The summed E-state index contributed by atoms with van der Waals surface area (Å²) in [5.74, 6) is 0.772. The van der Waals surface area contributed by atoms with Crippen LogP contribution in [0.3, 0.4) is 0 Å². The fraction of sp³-hybridized carbons (Fsp3) is 0.167. The topological polar surface area (TPSA) is 22.1 Å². The van der Waals surface area contributed by atoms with E-state index in [0.29, 0.717) is 6.61 Å². The van der Waals surface area contributed by atoms with Crippen LogP contribution in [0.1, 0.15) is 12.5 Å². The van der Waals surface area contributed by atoms with Gasteiger partial charge in [0.05, 0.1) is 17.3 Å². The Balaban J connectivity index is 2.32. The summed E-state index contributed by atoms with van der Waals surface area (Å²) in [6.07, 6.45) is 0. The number of fused-ring (bicyclic) bond motifs is 1. The van der Waals surface area contributed by atoms with Gasteiger partial charge in [0.2, 0.25) is 0 Å². The molecule has 0 atom stereocenters. The normalized spacial score (nSPS) is 10.8. The van der Waals surface area contributed by atoms with Gasteiger partial charge in [-0.3, -0.25) is 0 Å². The lowest BCUT2D eigenvalue weighted by Gasteiger charge is -2.13. The van der Waals surface area contributed by atoms with Crippen molar-refractivity contribution in [1.29, 1.82) is 0 Å². The Morgan fingerprint density at radius 1 is 1.05 bits per heavy atom. The standard InChI is InChI=1S/C18H16ClNO/c1-3-21-15-11-7-10-14-16(19)12(2)17(20-18(14)15)13-8-5-4-6-9-13/h4-11H,3H2,1-2H3. The first-order valence-electron chi connectivity index (χ1n) is 6.99. The molecule has 1 aromatic heterocycles. The molecule has 0 spiro atoms. The van der Waals surface area contributed by atoms with Crippen molar-refractivity contribution < 1.29 is 4.74 Å². The van der Waals surface area contributed by atoms with Gasteiger partial charge in [0.25, 0.3) is 0 Å². The quantitative estimate of drug-likeness (QED) is 0.657. The van der Waals surface area contributed by atoms with E-state index in [0.717, 1.165) is 38.5 Å². The Morgan fingerprint density at radius 2 is 1.81 bits per heavy atom. The smallest absolute Gasteiger partial charge is 0.145 e. The fourth-order valence-corrected chi connectivity index (χ4v) is 2.71. The minimum absolute atomic E-state index is 0.604. The largest absolute Gasteiger partial charge is 0.492 e. The van der Waals surface area contributed by atoms with Crippen molar-refractivity contribution in [3.63, 3.8) is 0 Å². The van der Waals surface area contributed by atoms with E-state index in [2.05, 4.69) is 0 Å². The lowest BCUT2D eigenvalue weighted by molar-refractivity contribution is 0.343. The molecule has 3 aromatic rings. The van der Waals surface area contributed by atoms with Crippen LogP contribution in [0.15, 0.2) is 48.5 Å². The lowest BCUT2D eigenvalue weighted by atomic mass is 10.0. The summed E-state index contributed by atoms with van der Waals surface area (Å²) in [5, 5.41) is 1.67. The number of aromatic nitrogens is 1. The average molecular weight is 298 g/mol. The second-order valence-corrected chi connectivity index (χ2v) is 5.23. The molecule has 0 amide bonds. The molecule has 0 unspecified atom stereocenters. The SMILES string of the molecule is CCOc1cccc2c(Cl)c(C)c(-c3ccccc3)nc12. The average Bonchev–Trinajstić information content (AvgIpc) is 2.52. The molecular formula is C18H16ClNO. The zero-order valence-corrected chi connectivity index (χ0v) is 12.8. The molecule has 0 aliphatic rings. The van der Waals surface area contributed by atoms with E-state index in [9.17, 15) is 0 Å². The van der Waals surface area contributed by atoms with Crippen molar-refractivity contribution in [3.8, 4) is 17.0 Å². The molecule has 0 N–H and O–H groups in total. The Kier molecular flexibility index (Phi) is 3.80. The predicted molar refractivity (Wildman–Crippen MR) is 88.1 cm³/mol. The van der Waals surface area contributed by atoms with Gasteiger partial charge in [-0.25, -0.2) is 4.98 Å². The number of hydrogen-bond acceptors (Lipinski definition) is 2. The third-order valence-electron chi connectivity index (χ3n) is 3.49. The minimum atomic E-state index is 0.604. The van der Waals surface area contributed by atoms with E-state index in [1.165, 1.54) is 0 Å². The van der Waals surface area contributed by atoms with Crippen LogP contribution in [0.25, 0.3) is 22.2 Å². The summed E-state index contributed by atoms with van der Waals surface area (Å²) in [7, 11) is 0. The van der Waals surface area contributed by atoms with Gasteiger partial charge in [0.1, 0.15) is 11.3 Å². The molecule has 2 nitrogen and oxygen atoms in total. The van der Waals surface area contributed by atoms with E-state index >= 15 is 0 Å². The number of pyridine rings is 1. The monoisotopic (exact) mass is 297 g/mol. The molecule has 0 saturated heterocycles. The van der Waals surface area contributed by atoms with E-state index in [1.807, 2.05) is 62.4 Å². The summed E-state index contributed by atoms with van der Waals surface area (Å²) in [4.78, 5) is 4.81. The number of halogens is 1. The number of rotatable bonds is 3. The number of nitrogens with zero attached hydrogens (tertiary/aromatic N) is 1. The maximum absolute atomic E-state index is 6.56. The van der Waals surface area contributed by atoms with Crippen LogP contribution in [0.4, 0.5) is 0 Å². The van der Waals surface area contributed by atoms with Gasteiger partial charge < -0.3 is 4.74 Å². The fourth-order valence-electron chi connectivity index (χ4n) is 2.47. The number of benzene rings is 2. The molecule has 0 aliphatic carbocycles. The molecule has 0 fully saturated rings. The van der Waals surface area contributed by atoms with Crippen LogP contribution in [-0.4, -0.2) is 11.6 Å². The van der Waals surface area contributed by atoms with Gasteiger partial charge in [-0.15, -0.1) is 0 Å². The molecule has 3 rings (SSSR count). The second-order valence-electron chi connectivity index (χ2n) is 4.85. The summed E-state index contributed by atoms with van der Waals surface area (Å²) >= 11 is 6.56. The molecule has 1 heterocycles. The second kappa shape index (κ2) is 5.74. The molecule has 3 heteroatoms. The predicted octanol–water partition coefficient (Wildman–Crippen LogP) is 5.26. The van der Waals surface area contributed by atoms with Crippen LogP contribution in [0.5, 0.6) is 5.75 Å². The van der Waals surface area contributed by atoms with Crippen molar-refractivity contribution in [3.05, 3.63) is 59.1 Å². The van der Waals surface area contributed by atoms with Crippen LogP contribution < -0.4 is 4.74 Å². The number of ether oxygens (including phenoxy) is 1. The van der Waals surface area contributed by atoms with Crippen LogP contribution in [0, 0.1) is 6.92 Å². The number of hydrogen-bond donors (Lipinski definition) is 0. The molecule has 106 valence electrons. The molecule has 2 aromatic carbocycles. The van der Waals surface area contributed by atoms with Crippen molar-refractivity contribution in [2.75, 3.05) is 6.61 Å². The molecule has 0 saturated carbocycles. The molecule has 0 aliphatic heterocycles. The van der Waals surface area contributed by atoms with Gasteiger partial charge in [-0.2, -0.15) is 0 Å². The Labute approximate surface area is 129 Å². The first-order chi connectivity index (χ1) is 10.2. The first kappa shape index (κ1) is 13.9. The van der Waals surface area contributed by atoms with Crippen molar-refractivity contribution in [2.24, 2.45) is 0 Å². The van der Waals surface area contributed by atoms with Crippen molar-refractivity contribution >= 4 is 22.5 Å². The van der Waals surface area contributed by atoms with Gasteiger partial charge >= 0.3 is 0 Å². The van der Waals surface area contributed by atoms with Gasteiger partial charge in [0.15, 0.2) is 0 Å². The van der Waals surface area contributed by atoms with Gasteiger partial charge in [-0.05, 0) is 25.5 Å². The highest BCUT2D eigenvalue weighted by molar-refractivity contribution is 6.36. The van der Waals surface area contributed by atoms with E-state index in [4.69, 9.17) is 21.3 Å². The Morgan fingerprint density at radius 3 is 2.52 bits per heavy atom. The van der Waals surface area contributed by atoms with Gasteiger partial charge in [0, 0.05) is 10.9 Å². The van der Waals surface area contributed by atoms with E-state index < -0.39 is 0 Å². The molecular weight excluding hydrogens is 282 g/mol. The summed E-state index contributed by atoms with van der Waals surface area (Å²) in [6.45, 7) is 4.57. The summed E-state index contributed by atoms with van der Waals surface area (Å²) < 4.78 is 5.68. The highest BCUT2D eigenvalue weighted by atomic mass is 35.5. The van der Waals surface area contributed by atoms with Crippen molar-refractivity contribution in [1.82, 2.24) is 4.98 Å². The third-order valence-corrected chi connectivity index (χ3v) is 3.98. The lowest BCUT2D eigenvalue weighted by Crippen LogP contribution is -1.97. The zero-order valence-electron chi connectivity index (χ0n) is 12.1. The van der Waals surface area contributed by atoms with Crippen LogP contribution >= 0.6 is 11.6 Å². The maximum Gasteiger partial charge on any atom is 0.145 e. The Bertz CT molecular complexity index is 784. The first-order valence-corrected chi connectivity index (χ1v) is 7.37. The molecule has 0 bridgehead atoms. The summed E-state index contributed by atoms with van der Waals surface area (Å²) in [6, 6.07) is 15.9. The Hall–Kier alpha value is -2.06. The van der Waals surface area contributed by atoms with E-state index in [-0.39, 0.29) is 0 Å². The highest BCUT2D eigenvalue weighted by Gasteiger charge is 2.14. The highest BCUT2D eigenvalue weighted by Crippen LogP contribution is 2.36. The van der Waals surface area contributed by atoms with Crippen LogP contribution in [-0.2, 0) is 0 Å². The molecule has 21 heavy (non-hydrogen) atoms. The third kappa shape index (κ3) is 2.47. The summed E-state index contributed by atoms with van der Waals surface area (Å²) in [5.41, 5.74) is 3.77. The van der Waals surface area contributed by atoms with Gasteiger partial charge in [-0.1, -0.05) is 54.1 Å².